The number of ether oxygens (including phenoxy) is 1. The number of nitrogens with zero attached hydrogens (tertiary/aromatic N) is 1. The molecular formula is C14H20N2O5. The number of aromatic carboxylic acids is 1. The highest BCUT2D eigenvalue weighted by atomic mass is 16.6. The molecule has 0 aromatic heterocycles. The molecule has 7 nitrogen and oxygen atoms in total. The molecule has 0 atom stereocenters. The van der Waals surface area contributed by atoms with E-state index in [-0.39, 0.29) is 17.4 Å². The van der Waals surface area contributed by atoms with E-state index in [0.29, 0.717) is 13.2 Å². The van der Waals surface area contributed by atoms with Gasteiger partial charge in [-0.25, -0.2) is 4.79 Å². The van der Waals surface area contributed by atoms with Crippen LogP contribution in [0.4, 0.5) is 11.4 Å². The van der Waals surface area contributed by atoms with Crippen LogP contribution in [0.1, 0.15) is 37.0 Å². The average Bonchev–Trinajstić information content (AvgIpc) is 2.41. The summed E-state index contributed by atoms with van der Waals surface area (Å²) in [6, 6.07) is 4.22. The highest BCUT2D eigenvalue weighted by Gasteiger charge is 2.23. The molecule has 7 heteroatoms. The smallest absolute Gasteiger partial charge is 0.342 e. The summed E-state index contributed by atoms with van der Waals surface area (Å²) in [6.07, 6.45) is 1.80. The number of carboxylic acid groups (broad SMARTS) is 1. The van der Waals surface area contributed by atoms with E-state index in [0.717, 1.165) is 12.8 Å². The van der Waals surface area contributed by atoms with Crippen LogP contribution in [0.25, 0.3) is 0 Å². The number of nitro benzene ring substituents is 1. The molecule has 2 N–H and O–H groups in total. The van der Waals surface area contributed by atoms with Crippen LogP contribution in [0.15, 0.2) is 18.2 Å². The topological polar surface area (TPSA) is 102 Å². The fraction of sp³-hybridized carbons (Fsp3) is 0.500. The Morgan fingerprint density at radius 2 is 2.14 bits per heavy atom. The van der Waals surface area contributed by atoms with E-state index < -0.39 is 16.6 Å². The lowest BCUT2D eigenvalue weighted by atomic mass is 10.1. The number of nitrogens with one attached hydrogen (secondary N) is 1. The van der Waals surface area contributed by atoms with Crippen molar-refractivity contribution in [2.24, 2.45) is 0 Å². The van der Waals surface area contributed by atoms with Crippen LogP contribution in [-0.4, -0.2) is 35.3 Å². The van der Waals surface area contributed by atoms with Gasteiger partial charge in [0.05, 0.1) is 11.0 Å². The Morgan fingerprint density at radius 3 is 2.71 bits per heavy atom. The fourth-order valence-electron chi connectivity index (χ4n) is 1.82. The predicted octanol–water partition coefficient (Wildman–Crippen LogP) is 2.91. The van der Waals surface area contributed by atoms with Gasteiger partial charge >= 0.3 is 11.7 Å². The van der Waals surface area contributed by atoms with E-state index >= 15 is 0 Å². The van der Waals surface area contributed by atoms with Crippen LogP contribution in [0.3, 0.4) is 0 Å². The summed E-state index contributed by atoms with van der Waals surface area (Å²) < 4.78 is 5.39. The van der Waals surface area contributed by atoms with E-state index in [1.807, 2.05) is 13.8 Å². The Morgan fingerprint density at radius 1 is 1.43 bits per heavy atom. The number of carbonyl (C=O) groups is 1. The zero-order chi connectivity index (χ0) is 15.8. The summed E-state index contributed by atoms with van der Waals surface area (Å²) in [5, 5.41) is 22.9. The molecule has 1 rings (SSSR count). The summed E-state index contributed by atoms with van der Waals surface area (Å²) in [7, 11) is 0. The van der Waals surface area contributed by atoms with Gasteiger partial charge < -0.3 is 15.2 Å². The predicted molar refractivity (Wildman–Crippen MR) is 78.9 cm³/mol. The van der Waals surface area contributed by atoms with E-state index in [4.69, 9.17) is 9.84 Å². The number of anilines is 1. The van der Waals surface area contributed by atoms with Gasteiger partial charge in [-0.05, 0) is 38.8 Å². The second-order valence-electron chi connectivity index (χ2n) is 4.82. The normalized spacial score (nSPS) is 10.6. The van der Waals surface area contributed by atoms with Crippen LogP contribution in [-0.2, 0) is 4.74 Å². The van der Waals surface area contributed by atoms with E-state index in [1.165, 1.54) is 18.2 Å². The monoisotopic (exact) mass is 296 g/mol. The summed E-state index contributed by atoms with van der Waals surface area (Å²) >= 11 is 0. The van der Waals surface area contributed by atoms with Crippen LogP contribution in [0.5, 0.6) is 0 Å². The second kappa shape index (κ2) is 8.21. The highest BCUT2D eigenvalue weighted by Crippen LogP contribution is 2.28. The van der Waals surface area contributed by atoms with Crippen LogP contribution >= 0.6 is 0 Å². The molecule has 1 aromatic rings. The minimum Gasteiger partial charge on any atom is -0.477 e. The van der Waals surface area contributed by atoms with Crippen LogP contribution < -0.4 is 5.32 Å². The summed E-state index contributed by atoms with van der Waals surface area (Å²) in [6.45, 7) is 5.07. The minimum absolute atomic E-state index is 0.186. The molecule has 0 aliphatic heterocycles. The molecule has 0 saturated carbocycles. The van der Waals surface area contributed by atoms with Gasteiger partial charge in [0.1, 0.15) is 11.3 Å². The zero-order valence-corrected chi connectivity index (χ0v) is 12.2. The van der Waals surface area contributed by atoms with Crippen LogP contribution in [0, 0.1) is 10.1 Å². The number of para-hydroxylation sites is 1. The molecule has 21 heavy (non-hydrogen) atoms. The van der Waals surface area contributed by atoms with Gasteiger partial charge in [0, 0.05) is 13.2 Å². The van der Waals surface area contributed by atoms with Crippen molar-refractivity contribution in [2.45, 2.75) is 32.8 Å². The number of rotatable bonds is 9. The molecular weight excluding hydrogens is 276 g/mol. The van der Waals surface area contributed by atoms with Gasteiger partial charge in [0.25, 0.3) is 0 Å². The molecule has 1 aromatic carbocycles. The Labute approximate surface area is 123 Å². The van der Waals surface area contributed by atoms with E-state index in [2.05, 4.69) is 5.32 Å². The van der Waals surface area contributed by atoms with Crippen molar-refractivity contribution in [1.82, 2.24) is 0 Å². The van der Waals surface area contributed by atoms with E-state index in [9.17, 15) is 14.9 Å². The zero-order valence-electron chi connectivity index (χ0n) is 12.2. The quantitative estimate of drug-likeness (QED) is 0.412. The Kier molecular flexibility index (Phi) is 6.61. The Bertz CT molecular complexity index is 502. The first-order valence-electron chi connectivity index (χ1n) is 6.79. The molecule has 0 unspecified atom stereocenters. The maximum Gasteiger partial charge on any atom is 0.342 e. The number of benzene rings is 1. The average molecular weight is 296 g/mol. The third kappa shape index (κ3) is 5.39. The van der Waals surface area contributed by atoms with Crippen molar-refractivity contribution >= 4 is 17.3 Å². The third-order valence-corrected chi connectivity index (χ3v) is 2.79. The van der Waals surface area contributed by atoms with Gasteiger partial charge in [-0.1, -0.05) is 6.07 Å². The lowest BCUT2D eigenvalue weighted by molar-refractivity contribution is -0.384. The van der Waals surface area contributed by atoms with Crippen molar-refractivity contribution in [3.63, 3.8) is 0 Å². The maximum absolute atomic E-state index is 11.0. The number of nitro groups is 1. The fourth-order valence-corrected chi connectivity index (χ4v) is 1.82. The van der Waals surface area contributed by atoms with Gasteiger partial charge in [0.2, 0.25) is 0 Å². The Hall–Kier alpha value is -2.15. The summed E-state index contributed by atoms with van der Waals surface area (Å²) in [4.78, 5) is 21.4. The van der Waals surface area contributed by atoms with Crippen molar-refractivity contribution in [3.8, 4) is 0 Å². The number of hydrogen-bond donors (Lipinski definition) is 2. The van der Waals surface area contributed by atoms with Crippen molar-refractivity contribution in [1.29, 1.82) is 0 Å². The SMILES string of the molecule is CC(C)OCCCCNc1cccc(C(=O)O)c1[N+](=O)[O-]. The standard InChI is InChI=1S/C14H20N2O5/c1-10(2)21-9-4-3-8-15-12-7-5-6-11(14(17)18)13(12)16(19)20/h5-7,10,15H,3-4,8-9H2,1-2H3,(H,17,18). The molecule has 0 aliphatic carbocycles. The molecule has 0 saturated heterocycles. The van der Waals surface area contributed by atoms with Gasteiger partial charge in [0.15, 0.2) is 0 Å². The van der Waals surface area contributed by atoms with Crippen molar-refractivity contribution in [2.75, 3.05) is 18.5 Å². The molecule has 0 radical (unpaired) electrons. The molecule has 0 aliphatic rings. The largest absolute Gasteiger partial charge is 0.477 e. The summed E-state index contributed by atoms with van der Waals surface area (Å²) in [5.74, 6) is -1.31. The number of unbranched alkanes of at least 4 members (excludes halogenated alkanes) is 1. The molecule has 0 amide bonds. The lowest BCUT2D eigenvalue weighted by Crippen LogP contribution is -2.10. The first-order valence-corrected chi connectivity index (χ1v) is 6.79. The first kappa shape index (κ1) is 16.9. The Balaban J connectivity index is 2.61. The number of carboxylic acids is 1. The molecule has 0 heterocycles. The molecule has 0 bridgehead atoms. The lowest BCUT2D eigenvalue weighted by Gasteiger charge is -2.09. The summed E-state index contributed by atoms with van der Waals surface area (Å²) in [5.41, 5.74) is -0.485. The first-order chi connectivity index (χ1) is 9.93. The number of hydrogen-bond acceptors (Lipinski definition) is 5. The van der Waals surface area contributed by atoms with Gasteiger partial charge in [-0.15, -0.1) is 0 Å². The minimum atomic E-state index is -1.31. The highest BCUT2D eigenvalue weighted by molar-refractivity contribution is 5.95. The van der Waals surface area contributed by atoms with Crippen molar-refractivity contribution in [3.05, 3.63) is 33.9 Å². The molecule has 0 fully saturated rings. The molecule has 0 spiro atoms. The van der Waals surface area contributed by atoms with Crippen LogP contribution in [0.2, 0.25) is 0 Å². The van der Waals surface area contributed by atoms with Gasteiger partial charge in [-0.2, -0.15) is 0 Å². The third-order valence-electron chi connectivity index (χ3n) is 2.79. The van der Waals surface area contributed by atoms with Gasteiger partial charge in [-0.3, -0.25) is 10.1 Å². The van der Waals surface area contributed by atoms with E-state index in [1.54, 1.807) is 0 Å². The second-order valence-corrected chi connectivity index (χ2v) is 4.82. The molecule has 116 valence electrons. The maximum atomic E-state index is 11.0. The van der Waals surface area contributed by atoms with Crippen molar-refractivity contribution < 1.29 is 19.6 Å².